The Morgan fingerprint density at radius 2 is 2.00 bits per heavy atom. The van der Waals surface area contributed by atoms with Crippen molar-refractivity contribution in [3.63, 3.8) is 0 Å². The molecule has 1 heterocycles. The van der Waals surface area contributed by atoms with Gasteiger partial charge in [0.25, 0.3) is 5.91 Å². The second-order valence-corrected chi connectivity index (χ2v) is 6.91. The molecule has 3 N–H and O–H groups in total. The summed E-state index contributed by atoms with van der Waals surface area (Å²) >= 11 is 3.34. The Morgan fingerprint density at radius 1 is 1.21 bits per heavy atom. The van der Waals surface area contributed by atoms with Crippen LogP contribution in [0.4, 0.5) is 0 Å². The van der Waals surface area contributed by atoms with E-state index in [9.17, 15) is 4.79 Å². The minimum Gasteiger partial charge on any atom is -0.357 e. The van der Waals surface area contributed by atoms with Crippen LogP contribution >= 0.6 is 47.1 Å². The molecule has 0 atom stereocenters. The van der Waals surface area contributed by atoms with Gasteiger partial charge in [0.2, 0.25) is 0 Å². The Bertz CT molecular complexity index is 455. The minimum atomic E-state index is 0. The summed E-state index contributed by atoms with van der Waals surface area (Å²) in [5, 5.41) is 11.4. The molecule has 0 radical (unpaired) electrons. The fourth-order valence-corrected chi connectivity index (χ4v) is 3.02. The van der Waals surface area contributed by atoms with Crippen molar-refractivity contribution >= 4 is 58.9 Å². The van der Waals surface area contributed by atoms with Gasteiger partial charge in [0.1, 0.15) is 0 Å². The second kappa shape index (κ2) is 16.0. The Morgan fingerprint density at radius 3 is 2.67 bits per heavy atom. The molecule has 0 saturated carbocycles. The van der Waals surface area contributed by atoms with E-state index in [4.69, 9.17) is 0 Å². The van der Waals surface area contributed by atoms with Crippen molar-refractivity contribution in [1.82, 2.24) is 16.0 Å². The van der Waals surface area contributed by atoms with Crippen LogP contribution in [0.5, 0.6) is 0 Å². The first kappa shape index (κ1) is 23.5. The van der Waals surface area contributed by atoms with Crippen LogP contribution in [0.1, 0.15) is 35.9 Å². The van der Waals surface area contributed by atoms with Crippen LogP contribution in [-0.2, 0) is 0 Å². The number of amides is 1. The summed E-state index contributed by atoms with van der Waals surface area (Å²) in [7, 11) is 0. The van der Waals surface area contributed by atoms with E-state index >= 15 is 0 Å². The van der Waals surface area contributed by atoms with Gasteiger partial charge in [-0.2, -0.15) is 11.8 Å². The van der Waals surface area contributed by atoms with E-state index < -0.39 is 0 Å². The van der Waals surface area contributed by atoms with E-state index in [1.165, 1.54) is 23.5 Å². The molecule has 0 fully saturated rings. The first-order valence-electron chi connectivity index (χ1n) is 8.10. The number of carbonyl (C=O) groups excluding carboxylic acids is 1. The highest BCUT2D eigenvalue weighted by molar-refractivity contribution is 14.0. The molecule has 0 aliphatic rings. The third kappa shape index (κ3) is 11.1. The molecule has 0 saturated heterocycles. The number of rotatable bonds is 11. The SMILES string of the molecule is CCNC(=NCCCNC(=O)c1cccs1)NCCCCSC.I. The van der Waals surface area contributed by atoms with Crippen molar-refractivity contribution in [3.8, 4) is 0 Å². The monoisotopic (exact) mass is 484 g/mol. The van der Waals surface area contributed by atoms with Gasteiger partial charge in [-0.25, -0.2) is 0 Å². The molecular weight excluding hydrogens is 455 g/mol. The Hall–Kier alpha value is -0.480. The lowest BCUT2D eigenvalue weighted by Gasteiger charge is -2.11. The summed E-state index contributed by atoms with van der Waals surface area (Å²) < 4.78 is 0. The maximum Gasteiger partial charge on any atom is 0.261 e. The van der Waals surface area contributed by atoms with Crippen molar-refractivity contribution < 1.29 is 4.79 Å². The standard InChI is InChI=1S/C16H28N4OS2.HI/c1-3-17-16(19-9-4-5-12-22-2)20-11-7-10-18-15(21)14-8-6-13-23-14;/h6,8,13H,3-5,7,9-12H2,1-2H3,(H,18,21)(H2,17,19,20);1H. The highest BCUT2D eigenvalue weighted by atomic mass is 127. The lowest BCUT2D eigenvalue weighted by atomic mass is 10.3. The topological polar surface area (TPSA) is 65.5 Å². The van der Waals surface area contributed by atoms with Crippen molar-refractivity contribution in [2.24, 2.45) is 4.99 Å². The summed E-state index contributed by atoms with van der Waals surface area (Å²) in [4.78, 5) is 17.1. The molecule has 0 aliphatic heterocycles. The van der Waals surface area contributed by atoms with Gasteiger partial charge in [0.15, 0.2) is 5.96 Å². The van der Waals surface area contributed by atoms with Gasteiger partial charge < -0.3 is 16.0 Å². The van der Waals surface area contributed by atoms with Gasteiger partial charge in [-0.15, -0.1) is 35.3 Å². The third-order valence-corrected chi connectivity index (χ3v) is 4.61. The number of nitrogens with one attached hydrogen (secondary N) is 3. The largest absolute Gasteiger partial charge is 0.357 e. The number of carbonyl (C=O) groups is 1. The smallest absolute Gasteiger partial charge is 0.261 e. The molecule has 8 heteroatoms. The van der Waals surface area contributed by atoms with Gasteiger partial charge >= 0.3 is 0 Å². The zero-order valence-corrected chi connectivity index (χ0v) is 18.4. The number of unbranched alkanes of at least 4 members (excludes halogenated alkanes) is 1. The quantitative estimate of drug-likeness (QED) is 0.195. The first-order valence-corrected chi connectivity index (χ1v) is 10.4. The van der Waals surface area contributed by atoms with E-state index in [2.05, 4.69) is 34.1 Å². The van der Waals surface area contributed by atoms with E-state index in [1.807, 2.05) is 29.3 Å². The molecule has 0 aromatic carbocycles. The molecule has 0 spiro atoms. The fourth-order valence-electron chi connectivity index (χ4n) is 1.89. The average molecular weight is 484 g/mol. The molecule has 1 rings (SSSR count). The van der Waals surface area contributed by atoms with Crippen molar-refractivity contribution in [2.75, 3.05) is 38.2 Å². The van der Waals surface area contributed by atoms with Crippen LogP contribution in [0.2, 0.25) is 0 Å². The molecule has 0 bridgehead atoms. The molecular formula is C16H29IN4OS2. The Balaban J connectivity index is 0.00000529. The zero-order valence-electron chi connectivity index (χ0n) is 14.5. The number of aliphatic imine (C=N–C) groups is 1. The number of hydrogen-bond acceptors (Lipinski definition) is 4. The third-order valence-electron chi connectivity index (χ3n) is 3.05. The fraction of sp³-hybridized carbons (Fsp3) is 0.625. The molecule has 24 heavy (non-hydrogen) atoms. The van der Waals surface area contributed by atoms with Crippen LogP contribution in [0.15, 0.2) is 22.5 Å². The summed E-state index contributed by atoms with van der Waals surface area (Å²) in [6, 6.07) is 3.72. The van der Waals surface area contributed by atoms with Crippen molar-refractivity contribution in [2.45, 2.75) is 26.2 Å². The van der Waals surface area contributed by atoms with Crippen LogP contribution < -0.4 is 16.0 Å². The van der Waals surface area contributed by atoms with Gasteiger partial charge in [-0.1, -0.05) is 6.07 Å². The summed E-state index contributed by atoms with van der Waals surface area (Å²) in [5.41, 5.74) is 0. The summed E-state index contributed by atoms with van der Waals surface area (Å²) in [5.74, 6) is 2.07. The molecule has 0 aliphatic carbocycles. The normalized spacial score (nSPS) is 10.8. The van der Waals surface area contributed by atoms with E-state index in [0.717, 1.165) is 36.8 Å². The molecule has 138 valence electrons. The number of hydrogen-bond donors (Lipinski definition) is 3. The predicted molar refractivity (Wildman–Crippen MR) is 118 cm³/mol. The van der Waals surface area contributed by atoms with Crippen molar-refractivity contribution in [1.29, 1.82) is 0 Å². The van der Waals surface area contributed by atoms with Gasteiger partial charge in [0, 0.05) is 26.2 Å². The van der Waals surface area contributed by atoms with E-state index in [1.54, 1.807) is 0 Å². The molecule has 0 unspecified atom stereocenters. The maximum atomic E-state index is 11.8. The number of thioether (sulfide) groups is 1. The molecule has 5 nitrogen and oxygen atoms in total. The molecule has 1 aromatic heterocycles. The van der Waals surface area contributed by atoms with Crippen LogP contribution in [-0.4, -0.2) is 50.1 Å². The van der Waals surface area contributed by atoms with Gasteiger partial charge in [-0.05, 0) is 49.6 Å². The maximum absolute atomic E-state index is 11.8. The highest BCUT2D eigenvalue weighted by Crippen LogP contribution is 2.07. The number of guanidine groups is 1. The highest BCUT2D eigenvalue weighted by Gasteiger charge is 2.04. The average Bonchev–Trinajstić information content (AvgIpc) is 3.08. The first-order chi connectivity index (χ1) is 11.3. The van der Waals surface area contributed by atoms with Crippen LogP contribution in [0, 0.1) is 0 Å². The van der Waals surface area contributed by atoms with Crippen molar-refractivity contribution in [3.05, 3.63) is 22.4 Å². The molecule has 1 amide bonds. The van der Waals surface area contributed by atoms with Gasteiger partial charge in [0.05, 0.1) is 4.88 Å². The van der Waals surface area contributed by atoms with Gasteiger partial charge in [-0.3, -0.25) is 9.79 Å². The number of nitrogens with zero attached hydrogens (tertiary/aromatic N) is 1. The van der Waals surface area contributed by atoms with E-state index in [0.29, 0.717) is 13.1 Å². The number of thiophene rings is 1. The van der Waals surface area contributed by atoms with Crippen LogP contribution in [0.3, 0.4) is 0 Å². The second-order valence-electron chi connectivity index (χ2n) is 4.97. The molecule has 1 aromatic rings. The summed E-state index contributed by atoms with van der Waals surface area (Å²) in [6.45, 7) is 5.21. The van der Waals surface area contributed by atoms with Crippen LogP contribution in [0.25, 0.3) is 0 Å². The lowest BCUT2D eigenvalue weighted by Crippen LogP contribution is -2.38. The number of halogens is 1. The predicted octanol–water partition coefficient (Wildman–Crippen LogP) is 3.18. The van der Waals surface area contributed by atoms with E-state index in [-0.39, 0.29) is 29.9 Å². The zero-order chi connectivity index (χ0) is 16.8. The lowest BCUT2D eigenvalue weighted by molar-refractivity contribution is 0.0957. The minimum absolute atomic E-state index is 0. The summed E-state index contributed by atoms with van der Waals surface area (Å²) in [6.07, 6.45) is 5.35. The Kier molecular flexibility index (Phi) is 15.7. The Labute approximate surface area is 170 Å².